The lowest BCUT2D eigenvalue weighted by Gasteiger charge is -2.64. The molecule has 4 aliphatic carbocycles. The fraction of sp³-hybridized carbons (Fsp3) is 0.882. The average Bonchev–Trinajstić information content (AvgIpc) is 2.71. The highest BCUT2D eigenvalue weighted by Crippen LogP contribution is 2.69. The SMILES string of the molecule is CC(N)Cc1noc(C23CC4CC(C)(CC(C)(C4)C2)C3)n1. The normalized spacial score (nSPS) is 46.0. The van der Waals surface area contributed by atoms with Gasteiger partial charge in [-0.25, -0.2) is 0 Å². The summed E-state index contributed by atoms with van der Waals surface area (Å²) < 4.78 is 5.72. The van der Waals surface area contributed by atoms with E-state index in [9.17, 15) is 0 Å². The molecule has 0 aliphatic heterocycles. The van der Waals surface area contributed by atoms with E-state index in [4.69, 9.17) is 15.2 Å². The van der Waals surface area contributed by atoms with Gasteiger partial charge >= 0.3 is 0 Å². The molecule has 2 N–H and O–H groups in total. The highest BCUT2D eigenvalue weighted by molar-refractivity contribution is 5.20. The molecule has 1 aromatic heterocycles. The predicted octanol–water partition coefficient (Wildman–Crippen LogP) is 3.21. The molecule has 116 valence electrons. The molecule has 0 saturated heterocycles. The van der Waals surface area contributed by atoms with Crippen molar-refractivity contribution in [3.05, 3.63) is 11.7 Å². The maximum atomic E-state index is 5.86. The van der Waals surface area contributed by atoms with Crippen molar-refractivity contribution in [2.45, 2.75) is 77.2 Å². The maximum Gasteiger partial charge on any atom is 0.232 e. The molecule has 0 amide bonds. The monoisotopic (exact) mass is 289 g/mol. The number of hydrogen-bond acceptors (Lipinski definition) is 4. The van der Waals surface area contributed by atoms with Crippen molar-refractivity contribution < 1.29 is 4.52 Å². The fourth-order valence-corrected chi connectivity index (χ4v) is 6.53. The Hall–Kier alpha value is -0.900. The van der Waals surface area contributed by atoms with Crippen LogP contribution in [-0.2, 0) is 11.8 Å². The molecule has 4 bridgehead atoms. The summed E-state index contributed by atoms with van der Waals surface area (Å²) in [5.41, 5.74) is 6.96. The van der Waals surface area contributed by atoms with Crippen molar-refractivity contribution in [2.75, 3.05) is 0 Å². The standard InChI is InChI=1S/C17H27N3O/c1-11(18)4-13-19-14(21-20-13)17-7-12-5-15(2,9-17)8-16(3,6-12)10-17/h11-12H,4-10,18H2,1-3H3. The Morgan fingerprint density at radius 3 is 2.43 bits per heavy atom. The van der Waals surface area contributed by atoms with Crippen LogP contribution in [0.5, 0.6) is 0 Å². The topological polar surface area (TPSA) is 64.9 Å². The average molecular weight is 289 g/mol. The van der Waals surface area contributed by atoms with Gasteiger partial charge < -0.3 is 10.3 Å². The molecule has 3 atom stereocenters. The Morgan fingerprint density at radius 1 is 1.19 bits per heavy atom. The van der Waals surface area contributed by atoms with E-state index in [1.165, 1.54) is 38.5 Å². The molecule has 21 heavy (non-hydrogen) atoms. The largest absolute Gasteiger partial charge is 0.339 e. The molecule has 4 fully saturated rings. The fourth-order valence-electron chi connectivity index (χ4n) is 6.53. The van der Waals surface area contributed by atoms with Crippen LogP contribution in [0.2, 0.25) is 0 Å². The Labute approximate surface area is 126 Å². The van der Waals surface area contributed by atoms with Crippen LogP contribution in [-0.4, -0.2) is 16.2 Å². The number of aromatic nitrogens is 2. The van der Waals surface area contributed by atoms with Crippen LogP contribution in [0.15, 0.2) is 4.52 Å². The molecule has 4 nitrogen and oxygen atoms in total. The summed E-state index contributed by atoms with van der Waals surface area (Å²) in [5.74, 6) is 2.53. The van der Waals surface area contributed by atoms with Gasteiger partial charge in [-0.15, -0.1) is 0 Å². The minimum atomic E-state index is 0.0850. The summed E-state index contributed by atoms with van der Waals surface area (Å²) in [6.07, 6.45) is 8.57. The van der Waals surface area contributed by atoms with E-state index in [0.717, 1.165) is 17.6 Å². The molecule has 0 radical (unpaired) electrons. The van der Waals surface area contributed by atoms with E-state index < -0.39 is 0 Å². The zero-order valence-corrected chi connectivity index (χ0v) is 13.5. The molecule has 4 aliphatic rings. The lowest BCUT2D eigenvalue weighted by Crippen LogP contribution is -2.57. The summed E-state index contributed by atoms with van der Waals surface area (Å²) in [6, 6.07) is 0.0850. The van der Waals surface area contributed by atoms with Crippen molar-refractivity contribution in [1.82, 2.24) is 10.1 Å². The van der Waals surface area contributed by atoms with Gasteiger partial charge in [0.15, 0.2) is 5.82 Å². The minimum absolute atomic E-state index is 0.0850. The maximum absolute atomic E-state index is 5.86. The predicted molar refractivity (Wildman–Crippen MR) is 80.7 cm³/mol. The lowest BCUT2D eigenvalue weighted by atomic mass is 9.40. The molecule has 0 spiro atoms. The number of nitrogens with two attached hydrogens (primary N) is 1. The van der Waals surface area contributed by atoms with Crippen LogP contribution in [0.3, 0.4) is 0 Å². The van der Waals surface area contributed by atoms with Gasteiger partial charge in [0, 0.05) is 12.5 Å². The Morgan fingerprint density at radius 2 is 1.86 bits per heavy atom. The van der Waals surface area contributed by atoms with Gasteiger partial charge in [-0.1, -0.05) is 19.0 Å². The first kappa shape index (κ1) is 13.7. The second kappa shape index (κ2) is 4.09. The van der Waals surface area contributed by atoms with Gasteiger partial charge in [0.2, 0.25) is 5.89 Å². The van der Waals surface area contributed by atoms with Crippen molar-refractivity contribution >= 4 is 0 Å². The van der Waals surface area contributed by atoms with Crippen molar-refractivity contribution in [3.8, 4) is 0 Å². The third-order valence-corrected chi connectivity index (χ3v) is 6.05. The minimum Gasteiger partial charge on any atom is -0.339 e. The van der Waals surface area contributed by atoms with Gasteiger partial charge in [-0.3, -0.25) is 0 Å². The Balaban J connectivity index is 1.69. The van der Waals surface area contributed by atoms with Crippen LogP contribution in [0.25, 0.3) is 0 Å². The summed E-state index contributed by atoms with van der Waals surface area (Å²) in [7, 11) is 0. The molecular formula is C17H27N3O. The molecule has 4 saturated carbocycles. The highest BCUT2D eigenvalue weighted by Gasteiger charge is 2.62. The molecule has 1 heterocycles. The summed E-state index contributed by atoms with van der Waals surface area (Å²) >= 11 is 0. The molecule has 0 aromatic carbocycles. The van der Waals surface area contributed by atoms with Crippen LogP contribution >= 0.6 is 0 Å². The van der Waals surface area contributed by atoms with E-state index in [-0.39, 0.29) is 11.5 Å². The van der Waals surface area contributed by atoms with Crippen molar-refractivity contribution in [3.63, 3.8) is 0 Å². The van der Waals surface area contributed by atoms with Gasteiger partial charge in [-0.2, -0.15) is 4.98 Å². The lowest BCUT2D eigenvalue weighted by molar-refractivity contribution is -0.118. The van der Waals surface area contributed by atoms with E-state index >= 15 is 0 Å². The first-order valence-electron chi connectivity index (χ1n) is 8.39. The molecule has 1 aromatic rings. The zero-order valence-electron chi connectivity index (χ0n) is 13.5. The van der Waals surface area contributed by atoms with Crippen molar-refractivity contribution in [1.29, 1.82) is 0 Å². The first-order valence-corrected chi connectivity index (χ1v) is 8.39. The van der Waals surface area contributed by atoms with Gasteiger partial charge in [0.25, 0.3) is 0 Å². The van der Waals surface area contributed by atoms with Crippen LogP contribution < -0.4 is 5.73 Å². The number of rotatable bonds is 3. The van der Waals surface area contributed by atoms with Gasteiger partial charge in [0.05, 0.1) is 5.41 Å². The third-order valence-electron chi connectivity index (χ3n) is 6.05. The van der Waals surface area contributed by atoms with Crippen LogP contribution in [0.4, 0.5) is 0 Å². The summed E-state index contributed by atoms with van der Waals surface area (Å²) in [5, 5.41) is 4.19. The second-order valence-corrected chi connectivity index (χ2v) is 9.11. The van der Waals surface area contributed by atoms with E-state index in [0.29, 0.717) is 17.3 Å². The molecule has 5 rings (SSSR count). The second-order valence-electron chi connectivity index (χ2n) is 9.11. The number of hydrogen-bond donors (Lipinski definition) is 1. The van der Waals surface area contributed by atoms with E-state index in [1.54, 1.807) is 0 Å². The molecule has 4 heteroatoms. The van der Waals surface area contributed by atoms with Crippen LogP contribution in [0, 0.1) is 16.7 Å². The molecule has 3 unspecified atom stereocenters. The first-order chi connectivity index (χ1) is 9.80. The number of nitrogens with zero attached hydrogens (tertiary/aromatic N) is 2. The van der Waals surface area contributed by atoms with Gasteiger partial charge in [0.1, 0.15) is 0 Å². The Bertz CT molecular complexity index is 546. The summed E-state index contributed by atoms with van der Waals surface area (Å²) in [6.45, 7) is 6.94. The Kier molecular flexibility index (Phi) is 2.68. The van der Waals surface area contributed by atoms with Crippen LogP contribution in [0.1, 0.15) is 71.0 Å². The van der Waals surface area contributed by atoms with E-state index in [2.05, 4.69) is 19.0 Å². The van der Waals surface area contributed by atoms with Crippen molar-refractivity contribution in [2.24, 2.45) is 22.5 Å². The third kappa shape index (κ3) is 2.14. The highest BCUT2D eigenvalue weighted by atomic mass is 16.5. The quantitative estimate of drug-likeness (QED) is 0.928. The summed E-state index contributed by atoms with van der Waals surface area (Å²) in [4.78, 5) is 4.74. The molecular weight excluding hydrogens is 262 g/mol. The smallest absolute Gasteiger partial charge is 0.232 e. The van der Waals surface area contributed by atoms with Gasteiger partial charge in [-0.05, 0) is 62.2 Å². The zero-order chi connectivity index (χ0) is 14.9. The van der Waals surface area contributed by atoms with E-state index in [1.807, 2.05) is 6.92 Å².